The summed E-state index contributed by atoms with van der Waals surface area (Å²) in [4.78, 5) is 0. The van der Waals surface area contributed by atoms with Crippen LogP contribution in [0.2, 0.25) is 0 Å². The predicted octanol–water partition coefficient (Wildman–Crippen LogP) is 2.53. The van der Waals surface area contributed by atoms with Gasteiger partial charge in [0.15, 0.2) is 9.84 Å². The molecule has 0 saturated heterocycles. The Morgan fingerprint density at radius 1 is 1.05 bits per heavy atom. The number of aliphatic hydroxyl groups is 1. The molecule has 0 bridgehead atoms. The molecule has 0 fully saturated rings. The van der Waals surface area contributed by atoms with Gasteiger partial charge in [-0.2, -0.15) is 0 Å². The molecule has 1 N–H and O–H groups in total. The van der Waals surface area contributed by atoms with Crippen molar-refractivity contribution in [3.05, 3.63) is 48.0 Å². The summed E-state index contributed by atoms with van der Waals surface area (Å²) >= 11 is 0. The third kappa shape index (κ3) is 3.78. The zero-order valence-corrected chi connectivity index (χ0v) is 11.9. The predicted molar refractivity (Wildman–Crippen MR) is 77.7 cm³/mol. The molecule has 102 valence electrons. The quantitative estimate of drug-likeness (QED) is 0.935. The highest BCUT2D eigenvalue weighted by molar-refractivity contribution is 7.90. The molecule has 0 aromatic heterocycles. The summed E-state index contributed by atoms with van der Waals surface area (Å²) in [5, 5.41) is 11.6. The van der Waals surface area contributed by atoms with E-state index in [1.165, 1.54) is 13.8 Å². The van der Waals surface area contributed by atoms with Gasteiger partial charge in [-0.15, -0.1) is 0 Å². The van der Waals surface area contributed by atoms with Gasteiger partial charge in [-0.05, 0) is 30.2 Å². The molecule has 0 aliphatic carbocycles. The van der Waals surface area contributed by atoms with E-state index in [1.54, 1.807) is 0 Å². The molecule has 0 radical (unpaired) electrons. The van der Waals surface area contributed by atoms with Crippen LogP contribution in [0.5, 0.6) is 0 Å². The van der Waals surface area contributed by atoms with Crippen molar-refractivity contribution in [1.82, 2.24) is 0 Å². The van der Waals surface area contributed by atoms with Gasteiger partial charge in [-0.3, -0.25) is 0 Å². The lowest BCUT2D eigenvalue weighted by atomic mass is 10.1. The number of hydrogen-bond donors (Lipinski definition) is 1. The summed E-state index contributed by atoms with van der Waals surface area (Å²) in [5.41, 5.74) is -0.425. The van der Waals surface area contributed by atoms with Crippen LogP contribution in [0.1, 0.15) is 19.4 Å². The fraction of sp³-hybridized carbons (Fsp3) is 0.333. The third-order valence-corrected chi connectivity index (χ3v) is 4.73. The van der Waals surface area contributed by atoms with E-state index in [1.807, 2.05) is 42.5 Å². The van der Waals surface area contributed by atoms with Gasteiger partial charge in [0.25, 0.3) is 0 Å². The van der Waals surface area contributed by atoms with Gasteiger partial charge >= 0.3 is 0 Å². The Labute approximate surface area is 113 Å². The van der Waals surface area contributed by atoms with E-state index in [9.17, 15) is 13.5 Å². The fourth-order valence-electron chi connectivity index (χ4n) is 2.24. The van der Waals surface area contributed by atoms with E-state index < -0.39 is 15.4 Å². The summed E-state index contributed by atoms with van der Waals surface area (Å²) in [6.45, 7) is 3.02. The molecule has 19 heavy (non-hydrogen) atoms. The molecule has 2 aromatic rings. The van der Waals surface area contributed by atoms with Crippen LogP contribution < -0.4 is 0 Å². The second-order valence-corrected chi connectivity index (χ2v) is 7.55. The van der Waals surface area contributed by atoms with E-state index in [0.717, 1.165) is 16.3 Å². The second kappa shape index (κ2) is 4.94. The Kier molecular flexibility index (Phi) is 3.65. The molecule has 0 amide bonds. The smallest absolute Gasteiger partial charge is 0.157 e. The highest BCUT2D eigenvalue weighted by Crippen LogP contribution is 2.21. The number of rotatable bonds is 4. The fourth-order valence-corrected chi connectivity index (χ4v) is 4.15. The topological polar surface area (TPSA) is 54.4 Å². The van der Waals surface area contributed by atoms with E-state index in [-0.39, 0.29) is 11.5 Å². The van der Waals surface area contributed by atoms with Gasteiger partial charge < -0.3 is 5.11 Å². The Hall–Kier alpha value is -1.39. The van der Waals surface area contributed by atoms with Crippen molar-refractivity contribution in [3.8, 4) is 0 Å². The van der Waals surface area contributed by atoms with Crippen LogP contribution in [0.3, 0.4) is 0 Å². The van der Waals surface area contributed by atoms with Gasteiger partial charge in [0.1, 0.15) is 0 Å². The van der Waals surface area contributed by atoms with Gasteiger partial charge in [0, 0.05) is 0 Å². The monoisotopic (exact) mass is 278 g/mol. The van der Waals surface area contributed by atoms with Crippen molar-refractivity contribution in [3.63, 3.8) is 0 Å². The lowest BCUT2D eigenvalue weighted by molar-refractivity contribution is 0.105. The maximum Gasteiger partial charge on any atom is 0.157 e. The van der Waals surface area contributed by atoms with Crippen molar-refractivity contribution in [2.45, 2.75) is 25.2 Å². The molecule has 0 aliphatic heterocycles. The van der Waals surface area contributed by atoms with E-state index in [0.29, 0.717) is 0 Å². The SMILES string of the molecule is CC(C)(O)CS(=O)(=O)Cc1cccc2ccccc12. The molecular formula is C15H18O3S. The number of fused-ring (bicyclic) bond motifs is 1. The Bertz CT molecular complexity index is 677. The van der Waals surface area contributed by atoms with Crippen molar-refractivity contribution in [2.75, 3.05) is 5.75 Å². The highest BCUT2D eigenvalue weighted by Gasteiger charge is 2.24. The van der Waals surface area contributed by atoms with Crippen LogP contribution in [0.4, 0.5) is 0 Å². The standard InChI is InChI=1S/C15H18O3S/c1-15(2,16)11-19(17,18)10-13-8-5-7-12-6-3-4-9-14(12)13/h3-9,16H,10-11H2,1-2H3. The van der Waals surface area contributed by atoms with Crippen LogP contribution in [0.25, 0.3) is 10.8 Å². The van der Waals surface area contributed by atoms with Gasteiger partial charge in [0.05, 0.1) is 17.1 Å². The molecule has 0 saturated carbocycles. The van der Waals surface area contributed by atoms with Crippen LogP contribution in [-0.4, -0.2) is 24.9 Å². The normalized spacial score (nSPS) is 12.8. The van der Waals surface area contributed by atoms with Crippen LogP contribution in [-0.2, 0) is 15.6 Å². The number of sulfone groups is 1. The largest absolute Gasteiger partial charge is 0.389 e. The van der Waals surface area contributed by atoms with Gasteiger partial charge in [0.2, 0.25) is 0 Å². The zero-order valence-electron chi connectivity index (χ0n) is 11.1. The van der Waals surface area contributed by atoms with Crippen LogP contribution in [0, 0.1) is 0 Å². The summed E-state index contributed by atoms with van der Waals surface area (Å²) in [6.07, 6.45) is 0. The zero-order chi connectivity index (χ0) is 14.1. The maximum absolute atomic E-state index is 12.1. The Morgan fingerprint density at radius 3 is 2.37 bits per heavy atom. The van der Waals surface area contributed by atoms with E-state index in [4.69, 9.17) is 0 Å². The lowest BCUT2D eigenvalue weighted by Crippen LogP contribution is -2.30. The Morgan fingerprint density at radius 2 is 1.68 bits per heavy atom. The number of hydrogen-bond acceptors (Lipinski definition) is 3. The Balaban J connectivity index is 2.37. The van der Waals surface area contributed by atoms with Crippen molar-refractivity contribution in [1.29, 1.82) is 0 Å². The maximum atomic E-state index is 12.1. The molecule has 3 nitrogen and oxygen atoms in total. The molecule has 2 rings (SSSR count). The van der Waals surface area contributed by atoms with Crippen LogP contribution in [0.15, 0.2) is 42.5 Å². The first-order valence-electron chi connectivity index (χ1n) is 6.16. The first-order chi connectivity index (χ1) is 8.77. The molecule has 0 atom stereocenters. The molecule has 0 unspecified atom stereocenters. The van der Waals surface area contributed by atoms with E-state index >= 15 is 0 Å². The van der Waals surface area contributed by atoms with Crippen molar-refractivity contribution in [2.24, 2.45) is 0 Å². The van der Waals surface area contributed by atoms with Crippen molar-refractivity contribution >= 4 is 20.6 Å². The number of benzene rings is 2. The van der Waals surface area contributed by atoms with E-state index in [2.05, 4.69) is 0 Å². The van der Waals surface area contributed by atoms with Crippen LogP contribution >= 0.6 is 0 Å². The van der Waals surface area contributed by atoms with Gasteiger partial charge in [-0.25, -0.2) is 8.42 Å². The average molecular weight is 278 g/mol. The minimum atomic E-state index is -3.33. The highest BCUT2D eigenvalue weighted by atomic mass is 32.2. The average Bonchev–Trinajstić information content (AvgIpc) is 2.25. The first-order valence-corrected chi connectivity index (χ1v) is 7.98. The molecule has 4 heteroatoms. The molecular weight excluding hydrogens is 260 g/mol. The molecule has 2 aromatic carbocycles. The summed E-state index contributed by atoms with van der Waals surface area (Å²) in [6, 6.07) is 13.3. The molecule has 0 spiro atoms. The lowest BCUT2D eigenvalue weighted by Gasteiger charge is -2.17. The summed E-state index contributed by atoms with van der Waals surface area (Å²) in [7, 11) is -3.33. The minimum absolute atomic E-state index is 0.0433. The third-order valence-electron chi connectivity index (χ3n) is 2.83. The molecule has 0 heterocycles. The van der Waals surface area contributed by atoms with Crippen molar-refractivity contribution < 1.29 is 13.5 Å². The minimum Gasteiger partial charge on any atom is -0.389 e. The second-order valence-electron chi connectivity index (χ2n) is 5.48. The first kappa shape index (κ1) is 14.0. The summed E-state index contributed by atoms with van der Waals surface area (Å²) < 4.78 is 24.2. The van der Waals surface area contributed by atoms with Gasteiger partial charge in [-0.1, -0.05) is 42.5 Å². The summed E-state index contributed by atoms with van der Waals surface area (Å²) in [5.74, 6) is -0.276. The molecule has 0 aliphatic rings.